The van der Waals surface area contributed by atoms with Crippen molar-refractivity contribution in [3.05, 3.63) is 35.4 Å². The molecule has 0 fully saturated rings. The third-order valence-electron chi connectivity index (χ3n) is 3.53. The van der Waals surface area contributed by atoms with Crippen LogP contribution in [-0.4, -0.2) is 58.9 Å². The molecule has 0 saturated carbocycles. The van der Waals surface area contributed by atoms with Crippen LogP contribution >= 0.6 is 0 Å². The highest BCUT2D eigenvalue weighted by Gasteiger charge is 2.35. The quantitative estimate of drug-likeness (QED) is 0.775. The zero-order chi connectivity index (χ0) is 15.4. The molecule has 1 N–H and O–H groups in total. The van der Waals surface area contributed by atoms with Gasteiger partial charge in [-0.1, -0.05) is 12.1 Å². The first-order valence-corrected chi connectivity index (χ1v) is 6.94. The van der Waals surface area contributed by atoms with E-state index in [2.05, 4.69) is 0 Å². The highest BCUT2D eigenvalue weighted by atomic mass is 16.3. The van der Waals surface area contributed by atoms with Crippen molar-refractivity contribution in [1.29, 1.82) is 0 Å². The molecule has 1 aliphatic rings. The predicted octanol–water partition coefficient (Wildman–Crippen LogP) is 0.513. The van der Waals surface area contributed by atoms with Crippen molar-refractivity contribution in [3.8, 4) is 0 Å². The number of hydrogen-bond donors (Lipinski definition) is 1. The van der Waals surface area contributed by atoms with E-state index in [-0.39, 0.29) is 43.8 Å². The van der Waals surface area contributed by atoms with Gasteiger partial charge >= 0.3 is 0 Å². The average molecular weight is 290 g/mol. The number of likely N-dealkylation sites (N-methyl/N-ethyl adjacent to an activating group) is 1. The van der Waals surface area contributed by atoms with Crippen molar-refractivity contribution < 1.29 is 19.5 Å². The van der Waals surface area contributed by atoms with Crippen molar-refractivity contribution in [1.82, 2.24) is 9.80 Å². The number of fused-ring (bicyclic) bond motifs is 1. The largest absolute Gasteiger partial charge is 0.395 e. The van der Waals surface area contributed by atoms with E-state index in [1.807, 2.05) is 6.92 Å². The van der Waals surface area contributed by atoms with Crippen LogP contribution in [-0.2, 0) is 4.79 Å². The van der Waals surface area contributed by atoms with E-state index in [0.29, 0.717) is 17.7 Å². The van der Waals surface area contributed by atoms with Crippen molar-refractivity contribution >= 4 is 17.7 Å². The van der Waals surface area contributed by atoms with Crippen LogP contribution in [0.2, 0.25) is 0 Å². The molecule has 112 valence electrons. The summed E-state index contributed by atoms with van der Waals surface area (Å²) >= 11 is 0. The Morgan fingerprint density at radius 3 is 2.24 bits per heavy atom. The van der Waals surface area contributed by atoms with E-state index in [0.717, 1.165) is 4.90 Å². The number of aliphatic hydroxyl groups is 1. The Kier molecular flexibility index (Phi) is 4.70. The Bertz CT molecular complexity index is 536. The first-order chi connectivity index (χ1) is 10.1. The molecule has 0 aromatic heterocycles. The van der Waals surface area contributed by atoms with Gasteiger partial charge in [-0.15, -0.1) is 0 Å². The number of aliphatic hydroxyl groups excluding tert-OH is 1. The summed E-state index contributed by atoms with van der Waals surface area (Å²) < 4.78 is 0. The molecular formula is C15H18N2O4. The van der Waals surface area contributed by atoms with E-state index < -0.39 is 0 Å². The second-order valence-electron chi connectivity index (χ2n) is 4.75. The van der Waals surface area contributed by atoms with E-state index in [4.69, 9.17) is 5.11 Å². The summed E-state index contributed by atoms with van der Waals surface area (Å²) in [4.78, 5) is 38.8. The van der Waals surface area contributed by atoms with Crippen molar-refractivity contribution in [3.63, 3.8) is 0 Å². The van der Waals surface area contributed by atoms with E-state index in [1.54, 1.807) is 24.3 Å². The summed E-state index contributed by atoms with van der Waals surface area (Å²) in [5.41, 5.74) is 0.773. The number of amides is 3. The number of carbonyl (C=O) groups excluding carboxylic acids is 3. The lowest BCUT2D eigenvalue weighted by atomic mass is 10.1. The average Bonchev–Trinajstić information content (AvgIpc) is 2.75. The molecule has 0 spiro atoms. The summed E-state index contributed by atoms with van der Waals surface area (Å²) in [6.07, 6.45) is 0.0688. The van der Waals surface area contributed by atoms with Crippen molar-refractivity contribution in [2.75, 3.05) is 26.2 Å². The molecule has 0 saturated heterocycles. The fourth-order valence-corrected chi connectivity index (χ4v) is 2.39. The Balaban J connectivity index is 2.01. The van der Waals surface area contributed by atoms with Gasteiger partial charge in [-0.25, -0.2) is 0 Å². The molecule has 1 aliphatic heterocycles. The number of nitrogens with zero attached hydrogens (tertiary/aromatic N) is 2. The molecule has 1 aromatic rings. The zero-order valence-electron chi connectivity index (χ0n) is 11.9. The van der Waals surface area contributed by atoms with E-state index in [9.17, 15) is 14.4 Å². The van der Waals surface area contributed by atoms with Crippen LogP contribution in [0.4, 0.5) is 0 Å². The molecule has 1 aromatic carbocycles. The third-order valence-corrected chi connectivity index (χ3v) is 3.53. The Morgan fingerprint density at radius 1 is 1.19 bits per heavy atom. The number of carbonyl (C=O) groups is 3. The van der Waals surface area contributed by atoms with Gasteiger partial charge in [0.2, 0.25) is 5.91 Å². The lowest BCUT2D eigenvalue weighted by Gasteiger charge is -2.21. The first kappa shape index (κ1) is 15.2. The third kappa shape index (κ3) is 2.95. The Labute approximate surface area is 123 Å². The summed E-state index contributed by atoms with van der Waals surface area (Å²) in [6.45, 7) is 2.52. The minimum Gasteiger partial charge on any atom is -0.395 e. The highest BCUT2D eigenvalue weighted by molar-refractivity contribution is 6.21. The van der Waals surface area contributed by atoms with Gasteiger partial charge < -0.3 is 10.0 Å². The van der Waals surface area contributed by atoms with Gasteiger partial charge in [-0.2, -0.15) is 0 Å². The standard InChI is InChI=1S/C15H18N2O4/c1-2-16(9-10-18)13(19)7-8-17-14(20)11-5-3-4-6-12(11)15(17)21/h3-6,18H,2,7-10H2,1H3. The normalized spacial score (nSPS) is 13.5. The van der Waals surface area contributed by atoms with E-state index >= 15 is 0 Å². The molecule has 1 heterocycles. The van der Waals surface area contributed by atoms with Crippen LogP contribution in [0.1, 0.15) is 34.1 Å². The van der Waals surface area contributed by atoms with Gasteiger partial charge in [-0.3, -0.25) is 19.3 Å². The van der Waals surface area contributed by atoms with Crippen LogP contribution in [0.3, 0.4) is 0 Å². The second kappa shape index (κ2) is 6.49. The Hall–Kier alpha value is -2.21. The van der Waals surface area contributed by atoms with Crippen LogP contribution in [0.15, 0.2) is 24.3 Å². The summed E-state index contributed by atoms with van der Waals surface area (Å²) in [5, 5.41) is 8.89. The maximum absolute atomic E-state index is 12.1. The molecule has 0 radical (unpaired) electrons. The first-order valence-electron chi connectivity index (χ1n) is 6.94. The maximum atomic E-state index is 12.1. The number of imide groups is 1. The lowest BCUT2D eigenvalue weighted by molar-refractivity contribution is -0.131. The van der Waals surface area contributed by atoms with Gasteiger partial charge in [0.25, 0.3) is 11.8 Å². The fraction of sp³-hybridized carbons (Fsp3) is 0.400. The van der Waals surface area contributed by atoms with Crippen LogP contribution in [0, 0.1) is 0 Å². The smallest absolute Gasteiger partial charge is 0.261 e. The number of benzene rings is 1. The maximum Gasteiger partial charge on any atom is 0.261 e. The fourth-order valence-electron chi connectivity index (χ4n) is 2.39. The monoisotopic (exact) mass is 290 g/mol. The van der Waals surface area contributed by atoms with Crippen LogP contribution in [0.5, 0.6) is 0 Å². The minimum atomic E-state index is -0.353. The van der Waals surface area contributed by atoms with Gasteiger partial charge in [0.15, 0.2) is 0 Å². The molecule has 21 heavy (non-hydrogen) atoms. The molecule has 0 aliphatic carbocycles. The predicted molar refractivity (Wildman–Crippen MR) is 75.8 cm³/mol. The van der Waals surface area contributed by atoms with E-state index in [1.165, 1.54) is 4.90 Å². The van der Waals surface area contributed by atoms with Gasteiger partial charge in [0.05, 0.1) is 17.7 Å². The molecule has 0 atom stereocenters. The van der Waals surface area contributed by atoms with Gasteiger partial charge in [-0.05, 0) is 19.1 Å². The minimum absolute atomic E-state index is 0.0626. The SMILES string of the molecule is CCN(CCO)C(=O)CCN1C(=O)c2ccccc2C1=O. The molecule has 3 amide bonds. The van der Waals surface area contributed by atoms with Crippen LogP contribution in [0.25, 0.3) is 0 Å². The number of rotatable bonds is 6. The van der Waals surface area contributed by atoms with Crippen molar-refractivity contribution in [2.45, 2.75) is 13.3 Å². The molecular weight excluding hydrogens is 272 g/mol. The van der Waals surface area contributed by atoms with Crippen LogP contribution < -0.4 is 0 Å². The molecule has 6 nitrogen and oxygen atoms in total. The van der Waals surface area contributed by atoms with Gasteiger partial charge in [0.1, 0.15) is 0 Å². The molecule has 2 rings (SSSR count). The van der Waals surface area contributed by atoms with Gasteiger partial charge in [0, 0.05) is 26.1 Å². The zero-order valence-corrected chi connectivity index (χ0v) is 11.9. The summed E-state index contributed by atoms with van der Waals surface area (Å²) in [7, 11) is 0. The molecule has 0 unspecified atom stereocenters. The highest BCUT2D eigenvalue weighted by Crippen LogP contribution is 2.22. The topological polar surface area (TPSA) is 77.9 Å². The lowest BCUT2D eigenvalue weighted by Crippen LogP contribution is -2.37. The second-order valence-corrected chi connectivity index (χ2v) is 4.75. The number of hydrogen-bond acceptors (Lipinski definition) is 4. The molecule has 6 heteroatoms. The summed E-state index contributed by atoms with van der Waals surface area (Å²) in [5.74, 6) is -0.884. The van der Waals surface area contributed by atoms with Crippen molar-refractivity contribution in [2.24, 2.45) is 0 Å². The Morgan fingerprint density at radius 2 is 1.76 bits per heavy atom. The molecule has 0 bridgehead atoms. The summed E-state index contributed by atoms with van der Waals surface area (Å²) in [6, 6.07) is 6.64.